The van der Waals surface area contributed by atoms with E-state index in [9.17, 15) is 8.78 Å². The maximum atomic E-state index is 12.7. The van der Waals surface area contributed by atoms with E-state index < -0.39 is 6.55 Å². The molecule has 0 aliphatic rings. The third-order valence-corrected chi connectivity index (χ3v) is 3.42. The molecule has 0 amide bonds. The molecule has 2 rings (SSSR count). The summed E-state index contributed by atoms with van der Waals surface area (Å²) in [5.74, 6) is 0.757. The number of nitrogens with zero attached hydrogens (tertiary/aromatic N) is 2. The molecule has 1 N–H and O–H groups in total. The lowest BCUT2D eigenvalue weighted by Gasteiger charge is -2.17. The van der Waals surface area contributed by atoms with Crippen LogP contribution in [0.4, 0.5) is 8.78 Å². The molecule has 1 aromatic heterocycles. The first-order valence-corrected chi connectivity index (χ1v) is 6.80. The number of hydrogen-bond donors (Lipinski definition) is 1. The first kappa shape index (κ1) is 15.7. The predicted molar refractivity (Wildman–Crippen MR) is 76.7 cm³/mol. The van der Waals surface area contributed by atoms with Crippen LogP contribution >= 0.6 is 11.6 Å². The molecule has 2 aromatic rings. The Morgan fingerprint density at radius 1 is 1.43 bits per heavy atom. The lowest BCUT2D eigenvalue weighted by Crippen LogP contribution is -2.14. The number of ether oxygens (including phenoxy) is 1. The Bertz CT molecular complexity index is 604. The fourth-order valence-corrected chi connectivity index (χ4v) is 2.10. The van der Waals surface area contributed by atoms with Crippen molar-refractivity contribution in [1.82, 2.24) is 14.9 Å². The summed E-state index contributed by atoms with van der Waals surface area (Å²) in [5, 5.41) is 3.68. The van der Waals surface area contributed by atoms with E-state index in [0.717, 1.165) is 10.1 Å². The molecule has 1 atom stereocenters. The van der Waals surface area contributed by atoms with E-state index in [-0.39, 0.29) is 18.5 Å². The number of hydrogen-bond acceptors (Lipinski definition) is 3. The summed E-state index contributed by atoms with van der Waals surface area (Å²) in [6.07, 6.45) is 2.55. The maximum Gasteiger partial charge on any atom is 0.320 e. The second-order valence-corrected chi connectivity index (χ2v) is 4.95. The summed E-state index contributed by atoms with van der Waals surface area (Å²) in [7, 11) is 1.82. The number of halogens is 3. The molecular formula is C14H16ClF2N3O. The average molecular weight is 316 g/mol. The number of alkyl halides is 2. The molecule has 0 fully saturated rings. The molecule has 4 nitrogen and oxygen atoms in total. The van der Waals surface area contributed by atoms with Crippen molar-refractivity contribution in [1.29, 1.82) is 0 Å². The van der Waals surface area contributed by atoms with Crippen LogP contribution in [0.5, 0.6) is 5.75 Å². The fourth-order valence-electron chi connectivity index (χ4n) is 1.92. The van der Waals surface area contributed by atoms with Crippen molar-refractivity contribution in [2.75, 3.05) is 7.05 Å². The highest BCUT2D eigenvalue weighted by Crippen LogP contribution is 2.29. The Morgan fingerprint density at radius 2 is 2.19 bits per heavy atom. The zero-order valence-corrected chi connectivity index (χ0v) is 12.4. The monoisotopic (exact) mass is 315 g/mol. The Labute approximate surface area is 126 Å². The molecule has 0 spiro atoms. The highest BCUT2D eigenvalue weighted by Gasteiger charge is 2.14. The molecule has 7 heteroatoms. The van der Waals surface area contributed by atoms with Crippen LogP contribution in [-0.4, -0.2) is 16.6 Å². The van der Waals surface area contributed by atoms with Crippen molar-refractivity contribution >= 4 is 11.6 Å². The minimum Gasteiger partial charge on any atom is -0.485 e. The zero-order valence-electron chi connectivity index (χ0n) is 11.7. The van der Waals surface area contributed by atoms with Gasteiger partial charge in [0.15, 0.2) is 5.82 Å². The van der Waals surface area contributed by atoms with Gasteiger partial charge in [0.1, 0.15) is 12.4 Å². The first-order chi connectivity index (χ1) is 10.0. The summed E-state index contributed by atoms with van der Waals surface area (Å²) >= 11 is 5.99. The lowest BCUT2D eigenvalue weighted by molar-refractivity contribution is 0.0632. The van der Waals surface area contributed by atoms with Gasteiger partial charge in [0.2, 0.25) is 0 Å². The summed E-state index contributed by atoms with van der Waals surface area (Å²) in [6, 6.07) is 5.23. The van der Waals surface area contributed by atoms with Crippen LogP contribution in [0.15, 0.2) is 30.6 Å². The SMILES string of the molecule is CNC(C)c1cc(Cl)ccc1OCc1nccn1C(F)F. The lowest BCUT2D eigenvalue weighted by atomic mass is 10.1. The highest BCUT2D eigenvalue weighted by atomic mass is 35.5. The van der Waals surface area contributed by atoms with Gasteiger partial charge in [-0.15, -0.1) is 0 Å². The molecule has 0 saturated heterocycles. The molecule has 1 aromatic carbocycles. The van der Waals surface area contributed by atoms with Crippen molar-refractivity contribution in [3.8, 4) is 5.75 Å². The van der Waals surface area contributed by atoms with Crippen molar-refractivity contribution in [2.24, 2.45) is 0 Å². The molecule has 1 heterocycles. The molecular weight excluding hydrogens is 300 g/mol. The van der Waals surface area contributed by atoms with Crippen LogP contribution in [-0.2, 0) is 6.61 Å². The third kappa shape index (κ3) is 3.71. The summed E-state index contributed by atoms with van der Waals surface area (Å²) in [5.41, 5.74) is 0.861. The number of nitrogens with one attached hydrogen (secondary N) is 1. The van der Waals surface area contributed by atoms with E-state index >= 15 is 0 Å². The highest BCUT2D eigenvalue weighted by molar-refractivity contribution is 6.30. The van der Waals surface area contributed by atoms with Crippen molar-refractivity contribution in [3.63, 3.8) is 0 Å². The Morgan fingerprint density at radius 3 is 2.86 bits per heavy atom. The fraction of sp³-hybridized carbons (Fsp3) is 0.357. The summed E-state index contributed by atoms with van der Waals surface area (Å²) in [6.45, 7) is -0.715. The van der Waals surface area contributed by atoms with Gasteiger partial charge in [0.25, 0.3) is 0 Å². The van der Waals surface area contributed by atoms with Crippen LogP contribution in [0.3, 0.4) is 0 Å². The maximum absolute atomic E-state index is 12.7. The normalized spacial score (nSPS) is 12.7. The quantitative estimate of drug-likeness (QED) is 0.881. The van der Waals surface area contributed by atoms with Crippen LogP contribution in [0.1, 0.15) is 30.9 Å². The van der Waals surface area contributed by atoms with Crippen molar-refractivity contribution in [3.05, 3.63) is 47.0 Å². The van der Waals surface area contributed by atoms with Gasteiger partial charge in [0, 0.05) is 29.0 Å². The number of aromatic nitrogens is 2. The second kappa shape index (κ2) is 6.87. The molecule has 1 unspecified atom stereocenters. The minimum atomic E-state index is -2.63. The molecule has 0 bridgehead atoms. The van der Waals surface area contributed by atoms with Crippen LogP contribution in [0.25, 0.3) is 0 Å². The number of imidazole rings is 1. The zero-order chi connectivity index (χ0) is 15.4. The van der Waals surface area contributed by atoms with Crippen molar-refractivity contribution in [2.45, 2.75) is 26.1 Å². The second-order valence-electron chi connectivity index (χ2n) is 4.51. The van der Waals surface area contributed by atoms with Crippen molar-refractivity contribution < 1.29 is 13.5 Å². The minimum absolute atomic E-state index is 0.0218. The van der Waals surface area contributed by atoms with Gasteiger partial charge in [-0.05, 0) is 32.2 Å². The van der Waals surface area contributed by atoms with Gasteiger partial charge in [-0.25, -0.2) is 4.98 Å². The van der Waals surface area contributed by atoms with Gasteiger partial charge in [-0.1, -0.05) is 11.6 Å². The Hall–Kier alpha value is -1.66. The van der Waals surface area contributed by atoms with Gasteiger partial charge in [0.05, 0.1) is 0 Å². The molecule has 0 aliphatic heterocycles. The van der Waals surface area contributed by atoms with E-state index in [4.69, 9.17) is 16.3 Å². The van der Waals surface area contributed by atoms with E-state index in [1.807, 2.05) is 14.0 Å². The summed E-state index contributed by atoms with van der Waals surface area (Å²) < 4.78 is 31.9. The topological polar surface area (TPSA) is 39.1 Å². The smallest absolute Gasteiger partial charge is 0.320 e. The van der Waals surface area contributed by atoms with Gasteiger partial charge in [-0.2, -0.15) is 8.78 Å². The molecule has 0 saturated carbocycles. The van der Waals surface area contributed by atoms with Crippen LogP contribution in [0.2, 0.25) is 5.02 Å². The predicted octanol–water partition coefficient (Wildman–Crippen LogP) is 3.79. The van der Waals surface area contributed by atoms with E-state index in [0.29, 0.717) is 10.8 Å². The molecule has 0 radical (unpaired) electrons. The molecule has 114 valence electrons. The van der Waals surface area contributed by atoms with Gasteiger partial charge < -0.3 is 10.1 Å². The first-order valence-electron chi connectivity index (χ1n) is 6.42. The van der Waals surface area contributed by atoms with Gasteiger partial charge >= 0.3 is 6.55 Å². The largest absolute Gasteiger partial charge is 0.485 e. The summed E-state index contributed by atoms with van der Waals surface area (Å²) in [4.78, 5) is 3.88. The third-order valence-electron chi connectivity index (χ3n) is 3.19. The molecule has 0 aliphatic carbocycles. The standard InChI is InChI=1S/C14H16ClF2N3O/c1-9(18-2)11-7-10(15)3-4-12(11)21-8-13-19-5-6-20(13)14(16)17/h3-7,9,14,18H,8H2,1-2H3. The number of benzene rings is 1. The van der Waals surface area contributed by atoms with E-state index in [1.54, 1.807) is 18.2 Å². The van der Waals surface area contributed by atoms with E-state index in [2.05, 4.69) is 10.3 Å². The van der Waals surface area contributed by atoms with Gasteiger partial charge in [-0.3, -0.25) is 4.57 Å². The van der Waals surface area contributed by atoms with Crippen LogP contribution in [0, 0.1) is 0 Å². The van der Waals surface area contributed by atoms with Crippen LogP contribution < -0.4 is 10.1 Å². The Kier molecular flexibility index (Phi) is 5.14. The number of rotatable bonds is 6. The average Bonchev–Trinajstić information content (AvgIpc) is 2.93. The molecule has 21 heavy (non-hydrogen) atoms. The Balaban J connectivity index is 2.18. The van der Waals surface area contributed by atoms with E-state index in [1.165, 1.54) is 12.4 Å².